The second-order valence-corrected chi connectivity index (χ2v) is 3.89. The van der Waals surface area contributed by atoms with Crippen LogP contribution in [-0.2, 0) is 6.42 Å². The maximum atomic E-state index is 9.52. The highest BCUT2D eigenvalue weighted by Crippen LogP contribution is 2.13. The molecule has 0 aromatic heterocycles. The predicted molar refractivity (Wildman–Crippen MR) is 60.3 cm³/mol. The van der Waals surface area contributed by atoms with Crippen molar-refractivity contribution in [3.63, 3.8) is 0 Å². The molecular weight excluding hydrogens is 172 g/mol. The van der Waals surface area contributed by atoms with E-state index in [-0.39, 0.29) is 5.92 Å². The number of hydrogen-bond donors (Lipinski definition) is 1. The molecule has 0 amide bonds. The van der Waals surface area contributed by atoms with Crippen molar-refractivity contribution in [2.24, 2.45) is 5.92 Å². The lowest BCUT2D eigenvalue weighted by Crippen LogP contribution is -2.16. The molecule has 0 radical (unpaired) electrons. The zero-order chi connectivity index (χ0) is 10.6. The summed E-state index contributed by atoms with van der Waals surface area (Å²) in [5.74, 6) is 0.232. The van der Waals surface area contributed by atoms with Crippen molar-refractivity contribution in [1.82, 2.24) is 0 Å². The second kappa shape index (κ2) is 4.97. The van der Waals surface area contributed by atoms with E-state index in [2.05, 4.69) is 37.8 Å². The van der Waals surface area contributed by atoms with Gasteiger partial charge < -0.3 is 5.11 Å². The summed E-state index contributed by atoms with van der Waals surface area (Å²) in [4.78, 5) is 0. The monoisotopic (exact) mass is 190 g/mol. The molecule has 0 fully saturated rings. The van der Waals surface area contributed by atoms with Gasteiger partial charge in [0, 0.05) is 0 Å². The highest BCUT2D eigenvalue weighted by atomic mass is 16.3. The lowest BCUT2D eigenvalue weighted by molar-refractivity contribution is 0.162. The van der Waals surface area contributed by atoms with E-state index in [1.54, 1.807) is 6.08 Å². The molecule has 2 atom stereocenters. The molecule has 1 aromatic rings. The van der Waals surface area contributed by atoms with Crippen LogP contribution in [0.2, 0.25) is 0 Å². The largest absolute Gasteiger partial charge is 0.389 e. The highest BCUT2D eigenvalue weighted by molar-refractivity contribution is 5.21. The fraction of sp³-hybridized carbons (Fsp3) is 0.385. The Morgan fingerprint density at radius 1 is 1.36 bits per heavy atom. The first-order valence-electron chi connectivity index (χ1n) is 4.99. The zero-order valence-electron chi connectivity index (χ0n) is 8.90. The lowest BCUT2D eigenvalue weighted by Gasteiger charge is -2.15. The Kier molecular flexibility index (Phi) is 3.90. The summed E-state index contributed by atoms with van der Waals surface area (Å²) in [6, 6.07) is 8.42. The van der Waals surface area contributed by atoms with Gasteiger partial charge in [-0.15, -0.1) is 6.58 Å². The van der Waals surface area contributed by atoms with Gasteiger partial charge in [-0.3, -0.25) is 0 Å². The Balaban J connectivity index is 2.60. The second-order valence-electron chi connectivity index (χ2n) is 3.89. The van der Waals surface area contributed by atoms with Crippen molar-refractivity contribution in [1.29, 1.82) is 0 Å². The van der Waals surface area contributed by atoms with Gasteiger partial charge in [-0.05, 0) is 24.8 Å². The first-order valence-corrected chi connectivity index (χ1v) is 4.99. The number of hydrogen-bond acceptors (Lipinski definition) is 1. The van der Waals surface area contributed by atoms with Gasteiger partial charge in [-0.1, -0.05) is 42.8 Å². The van der Waals surface area contributed by atoms with Crippen LogP contribution in [0.15, 0.2) is 36.9 Å². The van der Waals surface area contributed by atoms with E-state index in [0.717, 1.165) is 6.42 Å². The summed E-state index contributed by atoms with van der Waals surface area (Å²) < 4.78 is 0. The molecule has 0 aliphatic rings. The SMILES string of the molecule is C=CC(O)C(C)Cc1ccc(C)cc1. The van der Waals surface area contributed by atoms with Gasteiger partial charge in [0.25, 0.3) is 0 Å². The van der Waals surface area contributed by atoms with E-state index in [1.165, 1.54) is 11.1 Å². The zero-order valence-corrected chi connectivity index (χ0v) is 8.90. The van der Waals surface area contributed by atoms with Crippen LogP contribution < -0.4 is 0 Å². The normalized spacial score (nSPS) is 14.8. The summed E-state index contributed by atoms with van der Waals surface area (Å²) in [6.07, 6.45) is 2.09. The highest BCUT2D eigenvalue weighted by Gasteiger charge is 2.10. The Labute approximate surface area is 86.1 Å². The maximum Gasteiger partial charge on any atom is 0.0746 e. The van der Waals surface area contributed by atoms with Gasteiger partial charge in [0.05, 0.1) is 6.10 Å². The third-order valence-corrected chi connectivity index (χ3v) is 2.50. The van der Waals surface area contributed by atoms with E-state index >= 15 is 0 Å². The van der Waals surface area contributed by atoms with Crippen LogP contribution >= 0.6 is 0 Å². The van der Waals surface area contributed by atoms with E-state index in [1.807, 2.05) is 6.92 Å². The van der Waals surface area contributed by atoms with Crippen LogP contribution in [0.25, 0.3) is 0 Å². The average molecular weight is 190 g/mol. The number of aliphatic hydroxyl groups excluding tert-OH is 1. The van der Waals surface area contributed by atoms with Gasteiger partial charge in [0.2, 0.25) is 0 Å². The quantitative estimate of drug-likeness (QED) is 0.724. The van der Waals surface area contributed by atoms with Crippen LogP contribution in [0, 0.1) is 12.8 Å². The minimum Gasteiger partial charge on any atom is -0.389 e. The van der Waals surface area contributed by atoms with Crippen LogP contribution in [0.5, 0.6) is 0 Å². The maximum absolute atomic E-state index is 9.52. The van der Waals surface area contributed by atoms with Crippen LogP contribution in [0.3, 0.4) is 0 Å². The van der Waals surface area contributed by atoms with Gasteiger partial charge in [-0.2, -0.15) is 0 Å². The van der Waals surface area contributed by atoms with E-state index in [9.17, 15) is 5.11 Å². The fourth-order valence-electron chi connectivity index (χ4n) is 1.45. The molecule has 14 heavy (non-hydrogen) atoms. The van der Waals surface area contributed by atoms with Gasteiger partial charge in [0.15, 0.2) is 0 Å². The van der Waals surface area contributed by atoms with E-state index in [4.69, 9.17) is 0 Å². The van der Waals surface area contributed by atoms with Crippen molar-refractivity contribution in [2.45, 2.75) is 26.4 Å². The van der Waals surface area contributed by atoms with Crippen LogP contribution in [0.1, 0.15) is 18.1 Å². The predicted octanol–water partition coefficient (Wildman–Crippen LogP) is 2.72. The molecule has 1 nitrogen and oxygen atoms in total. The molecule has 0 aliphatic heterocycles. The molecule has 1 N–H and O–H groups in total. The molecule has 0 aliphatic carbocycles. The number of rotatable bonds is 4. The number of aliphatic hydroxyl groups is 1. The summed E-state index contributed by atoms with van der Waals surface area (Å²) in [5, 5.41) is 9.52. The van der Waals surface area contributed by atoms with Gasteiger partial charge in [-0.25, -0.2) is 0 Å². The van der Waals surface area contributed by atoms with Crippen molar-refractivity contribution in [3.05, 3.63) is 48.0 Å². The van der Waals surface area contributed by atoms with Crippen LogP contribution in [0.4, 0.5) is 0 Å². The molecule has 0 saturated heterocycles. The molecule has 0 spiro atoms. The summed E-state index contributed by atoms with van der Waals surface area (Å²) in [5.41, 5.74) is 2.54. The third kappa shape index (κ3) is 3.00. The minimum atomic E-state index is -0.406. The molecule has 0 heterocycles. The smallest absolute Gasteiger partial charge is 0.0746 e. The third-order valence-electron chi connectivity index (χ3n) is 2.50. The van der Waals surface area contributed by atoms with Crippen LogP contribution in [-0.4, -0.2) is 11.2 Å². The Hall–Kier alpha value is -1.08. The number of benzene rings is 1. The average Bonchev–Trinajstić information content (AvgIpc) is 2.20. The fourth-order valence-corrected chi connectivity index (χ4v) is 1.45. The molecule has 1 aromatic carbocycles. The van der Waals surface area contributed by atoms with Crippen molar-refractivity contribution < 1.29 is 5.11 Å². The molecule has 76 valence electrons. The van der Waals surface area contributed by atoms with E-state index in [0.29, 0.717) is 0 Å². The summed E-state index contributed by atoms with van der Waals surface area (Å²) in [7, 11) is 0. The van der Waals surface area contributed by atoms with Crippen molar-refractivity contribution >= 4 is 0 Å². The Morgan fingerprint density at radius 2 is 1.93 bits per heavy atom. The molecule has 0 bridgehead atoms. The lowest BCUT2D eigenvalue weighted by atomic mass is 9.95. The number of aryl methyl sites for hydroxylation is 1. The van der Waals surface area contributed by atoms with Crippen molar-refractivity contribution in [3.8, 4) is 0 Å². The first-order chi connectivity index (χ1) is 6.63. The Bertz CT molecular complexity index is 287. The standard InChI is InChI=1S/C13H18O/c1-4-13(14)11(3)9-12-7-5-10(2)6-8-12/h4-8,11,13-14H,1,9H2,2-3H3. The molecular formula is C13H18O. The molecule has 1 heteroatoms. The van der Waals surface area contributed by atoms with Gasteiger partial charge in [0.1, 0.15) is 0 Å². The molecule has 1 rings (SSSR count). The molecule has 2 unspecified atom stereocenters. The topological polar surface area (TPSA) is 20.2 Å². The van der Waals surface area contributed by atoms with Gasteiger partial charge >= 0.3 is 0 Å². The van der Waals surface area contributed by atoms with Crippen molar-refractivity contribution in [2.75, 3.05) is 0 Å². The Morgan fingerprint density at radius 3 is 2.43 bits per heavy atom. The first kappa shape index (κ1) is 11.0. The minimum absolute atomic E-state index is 0.232. The summed E-state index contributed by atoms with van der Waals surface area (Å²) >= 11 is 0. The summed E-state index contributed by atoms with van der Waals surface area (Å²) in [6.45, 7) is 7.70. The van der Waals surface area contributed by atoms with E-state index < -0.39 is 6.10 Å². The molecule has 0 saturated carbocycles.